The van der Waals surface area contributed by atoms with E-state index in [0.717, 1.165) is 39.1 Å². The third kappa shape index (κ3) is 2.10. The topological polar surface area (TPSA) is 75.7 Å². The van der Waals surface area contributed by atoms with Gasteiger partial charge < -0.3 is 10.1 Å². The van der Waals surface area contributed by atoms with Gasteiger partial charge in [0.1, 0.15) is 16.8 Å². The van der Waals surface area contributed by atoms with Crippen LogP contribution in [-0.2, 0) is 0 Å². The molecule has 4 aromatic rings. The van der Waals surface area contributed by atoms with Gasteiger partial charge >= 0.3 is 0 Å². The SMILES string of the molecule is COc1ccc2nccc(Nc3ccc4n[nH]nc4c3)c2c1. The monoisotopic (exact) mass is 291 g/mol. The summed E-state index contributed by atoms with van der Waals surface area (Å²) in [7, 11) is 1.66. The highest BCUT2D eigenvalue weighted by atomic mass is 16.5. The number of H-pyrrole nitrogens is 1. The van der Waals surface area contributed by atoms with Crippen molar-refractivity contribution in [2.45, 2.75) is 0 Å². The van der Waals surface area contributed by atoms with Gasteiger partial charge in [-0.2, -0.15) is 15.4 Å². The Hall–Kier alpha value is -3.15. The minimum absolute atomic E-state index is 0.801. The van der Waals surface area contributed by atoms with Crippen LogP contribution in [0.15, 0.2) is 48.7 Å². The van der Waals surface area contributed by atoms with Crippen LogP contribution in [0.25, 0.3) is 21.9 Å². The smallest absolute Gasteiger partial charge is 0.119 e. The number of nitrogens with one attached hydrogen (secondary N) is 2. The van der Waals surface area contributed by atoms with Crippen molar-refractivity contribution in [3.63, 3.8) is 0 Å². The van der Waals surface area contributed by atoms with E-state index in [2.05, 4.69) is 25.7 Å². The first kappa shape index (κ1) is 12.6. The van der Waals surface area contributed by atoms with Crippen molar-refractivity contribution in [2.75, 3.05) is 12.4 Å². The molecule has 2 aromatic carbocycles. The molecule has 0 unspecified atom stereocenters. The van der Waals surface area contributed by atoms with E-state index < -0.39 is 0 Å². The number of anilines is 2. The van der Waals surface area contributed by atoms with Crippen LogP contribution in [-0.4, -0.2) is 27.5 Å². The molecule has 0 aliphatic carbocycles. The quantitative estimate of drug-likeness (QED) is 0.606. The van der Waals surface area contributed by atoms with Gasteiger partial charge in [-0.15, -0.1) is 0 Å². The first-order valence-corrected chi connectivity index (χ1v) is 6.84. The summed E-state index contributed by atoms with van der Waals surface area (Å²) >= 11 is 0. The lowest BCUT2D eigenvalue weighted by atomic mass is 10.1. The second-order valence-electron chi connectivity index (χ2n) is 4.89. The van der Waals surface area contributed by atoms with E-state index >= 15 is 0 Å². The first-order valence-electron chi connectivity index (χ1n) is 6.84. The number of aromatic amines is 1. The Balaban J connectivity index is 1.79. The average molecular weight is 291 g/mol. The molecule has 0 spiro atoms. The van der Waals surface area contributed by atoms with Gasteiger partial charge in [-0.25, -0.2) is 0 Å². The molecule has 0 saturated carbocycles. The van der Waals surface area contributed by atoms with E-state index in [1.807, 2.05) is 42.5 Å². The van der Waals surface area contributed by atoms with Crippen molar-refractivity contribution in [3.8, 4) is 5.75 Å². The van der Waals surface area contributed by atoms with Gasteiger partial charge in [-0.1, -0.05) is 0 Å². The fourth-order valence-electron chi connectivity index (χ4n) is 2.43. The number of hydrogen-bond donors (Lipinski definition) is 2. The highest BCUT2D eigenvalue weighted by molar-refractivity contribution is 5.94. The third-order valence-corrected chi connectivity index (χ3v) is 3.54. The number of fused-ring (bicyclic) bond motifs is 2. The molecule has 0 aliphatic rings. The van der Waals surface area contributed by atoms with Crippen molar-refractivity contribution >= 4 is 33.3 Å². The molecule has 0 radical (unpaired) electrons. The number of aromatic nitrogens is 4. The second kappa shape index (κ2) is 5.00. The van der Waals surface area contributed by atoms with Gasteiger partial charge in [0.05, 0.1) is 12.6 Å². The molecule has 2 aromatic heterocycles. The van der Waals surface area contributed by atoms with Crippen molar-refractivity contribution in [1.29, 1.82) is 0 Å². The zero-order valence-corrected chi connectivity index (χ0v) is 11.9. The minimum Gasteiger partial charge on any atom is -0.497 e. The maximum Gasteiger partial charge on any atom is 0.119 e. The van der Waals surface area contributed by atoms with E-state index in [4.69, 9.17) is 4.74 Å². The predicted molar refractivity (Wildman–Crippen MR) is 85.5 cm³/mol. The van der Waals surface area contributed by atoms with Crippen LogP contribution in [0, 0.1) is 0 Å². The lowest BCUT2D eigenvalue weighted by Gasteiger charge is -2.10. The molecule has 0 fully saturated rings. The Morgan fingerprint density at radius 2 is 1.82 bits per heavy atom. The lowest BCUT2D eigenvalue weighted by molar-refractivity contribution is 0.415. The van der Waals surface area contributed by atoms with Gasteiger partial charge in [0, 0.05) is 23.0 Å². The second-order valence-corrected chi connectivity index (χ2v) is 4.89. The van der Waals surface area contributed by atoms with Crippen LogP contribution in [0.5, 0.6) is 5.75 Å². The van der Waals surface area contributed by atoms with Crippen LogP contribution < -0.4 is 10.1 Å². The van der Waals surface area contributed by atoms with Gasteiger partial charge in [-0.05, 0) is 42.5 Å². The van der Waals surface area contributed by atoms with Crippen LogP contribution in [0.2, 0.25) is 0 Å². The average Bonchev–Trinajstić information content (AvgIpc) is 3.02. The number of nitrogens with zero attached hydrogens (tertiary/aromatic N) is 3. The Morgan fingerprint density at radius 1 is 0.955 bits per heavy atom. The Morgan fingerprint density at radius 3 is 2.73 bits per heavy atom. The molecular formula is C16H13N5O. The fraction of sp³-hybridized carbons (Fsp3) is 0.0625. The number of hydrogen-bond acceptors (Lipinski definition) is 5. The Labute approximate surface area is 126 Å². The van der Waals surface area contributed by atoms with E-state index in [1.54, 1.807) is 13.3 Å². The Kier molecular flexibility index (Phi) is 2.86. The molecule has 0 bridgehead atoms. The third-order valence-electron chi connectivity index (χ3n) is 3.54. The zero-order chi connectivity index (χ0) is 14.9. The molecule has 0 aliphatic heterocycles. The number of benzene rings is 2. The summed E-state index contributed by atoms with van der Waals surface area (Å²) < 4.78 is 5.30. The molecule has 0 saturated heterocycles. The van der Waals surface area contributed by atoms with Crippen molar-refractivity contribution < 1.29 is 4.74 Å². The predicted octanol–water partition coefficient (Wildman–Crippen LogP) is 3.26. The highest BCUT2D eigenvalue weighted by Gasteiger charge is 2.05. The maximum atomic E-state index is 5.30. The fourth-order valence-corrected chi connectivity index (χ4v) is 2.43. The van der Waals surface area contributed by atoms with Gasteiger partial charge in [0.15, 0.2) is 0 Å². The summed E-state index contributed by atoms with van der Waals surface area (Å²) in [5, 5.41) is 15.2. The molecule has 2 heterocycles. The van der Waals surface area contributed by atoms with Crippen molar-refractivity contribution in [2.24, 2.45) is 0 Å². The zero-order valence-electron chi connectivity index (χ0n) is 11.9. The molecule has 6 heteroatoms. The molecule has 22 heavy (non-hydrogen) atoms. The summed E-state index contributed by atoms with van der Waals surface area (Å²) in [5.74, 6) is 0.801. The molecule has 2 N–H and O–H groups in total. The first-order chi connectivity index (χ1) is 10.8. The summed E-state index contributed by atoms with van der Waals surface area (Å²) in [5.41, 5.74) is 4.48. The molecule has 0 amide bonds. The van der Waals surface area contributed by atoms with E-state index in [1.165, 1.54) is 0 Å². The summed E-state index contributed by atoms with van der Waals surface area (Å²) in [6.07, 6.45) is 1.78. The van der Waals surface area contributed by atoms with Gasteiger partial charge in [0.2, 0.25) is 0 Å². The standard InChI is InChI=1S/C16H13N5O/c1-22-11-3-5-13-12(9-11)14(6-7-17-13)18-10-2-4-15-16(8-10)20-21-19-15/h2-9H,1H3,(H,17,18)(H,19,20,21). The Bertz CT molecular complexity index is 963. The van der Waals surface area contributed by atoms with Crippen LogP contribution in [0.4, 0.5) is 11.4 Å². The van der Waals surface area contributed by atoms with Crippen LogP contribution in [0.3, 0.4) is 0 Å². The lowest BCUT2D eigenvalue weighted by Crippen LogP contribution is -1.93. The molecular weight excluding hydrogens is 278 g/mol. The van der Waals surface area contributed by atoms with Gasteiger partial charge in [0.25, 0.3) is 0 Å². The summed E-state index contributed by atoms with van der Waals surface area (Å²) in [4.78, 5) is 4.38. The number of ether oxygens (including phenoxy) is 1. The van der Waals surface area contributed by atoms with Gasteiger partial charge in [-0.3, -0.25) is 4.98 Å². The maximum absolute atomic E-state index is 5.30. The van der Waals surface area contributed by atoms with Crippen LogP contribution >= 0.6 is 0 Å². The summed E-state index contributed by atoms with van der Waals surface area (Å²) in [6.45, 7) is 0. The molecule has 6 nitrogen and oxygen atoms in total. The summed E-state index contributed by atoms with van der Waals surface area (Å²) in [6, 6.07) is 13.6. The molecule has 108 valence electrons. The van der Waals surface area contributed by atoms with E-state index in [9.17, 15) is 0 Å². The highest BCUT2D eigenvalue weighted by Crippen LogP contribution is 2.28. The van der Waals surface area contributed by atoms with Crippen LogP contribution in [0.1, 0.15) is 0 Å². The van der Waals surface area contributed by atoms with Crippen molar-refractivity contribution in [3.05, 3.63) is 48.7 Å². The largest absolute Gasteiger partial charge is 0.497 e. The van der Waals surface area contributed by atoms with E-state index in [0.29, 0.717) is 0 Å². The van der Waals surface area contributed by atoms with Crippen molar-refractivity contribution in [1.82, 2.24) is 20.4 Å². The van der Waals surface area contributed by atoms with E-state index in [-0.39, 0.29) is 0 Å². The number of pyridine rings is 1. The normalized spacial score (nSPS) is 11.0. The molecule has 0 atom stereocenters. The minimum atomic E-state index is 0.801. The number of rotatable bonds is 3. The number of methoxy groups -OCH3 is 1. The molecule has 4 rings (SSSR count).